The van der Waals surface area contributed by atoms with Gasteiger partial charge in [0, 0.05) is 18.7 Å². The molecule has 0 aromatic heterocycles. The molecule has 0 spiro atoms. The molecule has 1 saturated heterocycles. The number of aryl methyl sites for hydroxylation is 1. The molecule has 2 amide bonds. The molecule has 1 aliphatic heterocycles. The standard InChI is InChI=1S/C31H34N2O6/c1-22-9-13-24(14-10-22)30(34)33-27(31(35)32-21-26-6-5-17-37-26)20-23-11-15-25(16-12-23)38-18-19-39-29-8-4-3-7-28(29)36-2/h3-4,7-16,20,26H,5-6,17-19,21H2,1-2H3,(H,32,35)(H,33,34)/b27-20-/t26-/m1/s1. The van der Waals surface area contributed by atoms with Crippen molar-refractivity contribution in [3.63, 3.8) is 0 Å². The molecule has 0 unspecified atom stereocenters. The Morgan fingerprint density at radius 2 is 1.67 bits per heavy atom. The van der Waals surface area contributed by atoms with Gasteiger partial charge in [-0.2, -0.15) is 0 Å². The summed E-state index contributed by atoms with van der Waals surface area (Å²) in [5.41, 5.74) is 2.40. The summed E-state index contributed by atoms with van der Waals surface area (Å²) in [7, 11) is 1.60. The van der Waals surface area contributed by atoms with Crippen LogP contribution in [0.5, 0.6) is 17.2 Å². The lowest BCUT2D eigenvalue weighted by molar-refractivity contribution is -0.118. The van der Waals surface area contributed by atoms with Crippen LogP contribution in [0.15, 0.2) is 78.5 Å². The highest BCUT2D eigenvalue weighted by molar-refractivity contribution is 6.05. The maximum atomic E-state index is 13.0. The van der Waals surface area contributed by atoms with E-state index in [1.807, 2.05) is 55.5 Å². The SMILES string of the molecule is COc1ccccc1OCCOc1ccc(/C=C(\NC(=O)c2ccc(C)cc2)C(=O)NC[C@H]2CCCO2)cc1. The van der Waals surface area contributed by atoms with E-state index in [0.717, 1.165) is 24.0 Å². The van der Waals surface area contributed by atoms with Crippen LogP contribution in [0.1, 0.15) is 34.3 Å². The van der Waals surface area contributed by atoms with Crippen LogP contribution in [0.2, 0.25) is 0 Å². The number of carbonyl (C=O) groups excluding carboxylic acids is 2. The molecule has 0 bridgehead atoms. The van der Waals surface area contributed by atoms with Gasteiger partial charge in [-0.1, -0.05) is 42.0 Å². The Morgan fingerprint density at radius 1 is 0.949 bits per heavy atom. The van der Waals surface area contributed by atoms with Crippen molar-refractivity contribution in [3.05, 3.63) is 95.2 Å². The molecule has 3 aromatic carbocycles. The topological polar surface area (TPSA) is 95.1 Å². The van der Waals surface area contributed by atoms with Gasteiger partial charge in [-0.3, -0.25) is 9.59 Å². The van der Waals surface area contributed by atoms with Gasteiger partial charge in [0.25, 0.3) is 11.8 Å². The van der Waals surface area contributed by atoms with Crippen LogP contribution in [0.3, 0.4) is 0 Å². The summed E-state index contributed by atoms with van der Waals surface area (Å²) in [6.45, 7) is 3.74. The molecule has 204 valence electrons. The largest absolute Gasteiger partial charge is 0.493 e. The van der Waals surface area contributed by atoms with E-state index in [1.165, 1.54) is 0 Å². The lowest BCUT2D eigenvalue weighted by Crippen LogP contribution is -2.38. The lowest BCUT2D eigenvalue weighted by atomic mass is 10.1. The van der Waals surface area contributed by atoms with Crippen LogP contribution in [0.4, 0.5) is 0 Å². The summed E-state index contributed by atoms with van der Waals surface area (Å²) in [5, 5.41) is 5.65. The van der Waals surface area contributed by atoms with E-state index in [0.29, 0.717) is 49.2 Å². The van der Waals surface area contributed by atoms with E-state index in [9.17, 15) is 9.59 Å². The van der Waals surface area contributed by atoms with Crippen molar-refractivity contribution in [2.24, 2.45) is 0 Å². The Bertz CT molecular complexity index is 1260. The van der Waals surface area contributed by atoms with Gasteiger partial charge < -0.3 is 29.6 Å². The molecule has 1 atom stereocenters. The maximum Gasteiger partial charge on any atom is 0.267 e. The molecule has 4 rings (SSSR count). The van der Waals surface area contributed by atoms with Crippen molar-refractivity contribution >= 4 is 17.9 Å². The van der Waals surface area contributed by atoms with Crippen molar-refractivity contribution in [2.45, 2.75) is 25.9 Å². The molecule has 0 aliphatic carbocycles. The zero-order chi connectivity index (χ0) is 27.5. The highest BCUT2D eigenvalue weighted by Gasteiger charge is 2.19. The molecule has 3 aromatic rings. The Balaban J connectivity index is 1.38. The minimum absolute atomic E-state index is 0.00797. The molecule has 1 heterocycles. The molecule has 1 fully saturated rings. The second-order valence-electron chi connectivity index (χ2n) is 9.14. The highest BCUT2D eigenvalue weighted by Crippen LogP contribution is 2.25. The van der Waals surface area contributed by atoms with Gasteiger partial charge in [-0.15, -0.1) is 0 Å². The predicted octanol–water partition coefficient (Wildman–Crippen LogP) is 4.53. The molecule has 0 saturated carbocycles. The third-order valence-corrected chi connectivity index (χ3v) is 6.19. The normalized spacial score (nSPS) is 14.9. The van der Waals surface area contributed by atoms with Crippen molar-refractivity contribution in [1.29, 1.82) is 0 Å². The van der Waals surface area contributed by atoms with Gasteiger partial charge in [-0.25, -0.2) is 0 Å². The second-order valence-corrected chi connectivity index (χ2v) is 9.14. The van der Waals surface area contributed by atoms with E-state index in [2.05, 4.69) is 10.6 Å². The average molecular weight is 531 g/mol. The Labute approximate surface area is 228 Å². The smallest absolute Gasteiger partial charge is 0.267 e. The number of rotatable bonds is 12. The fourth-order valence-corrected chi connectivity index (χ4v) is 4.04. The zero-order valence-electron chi connectivity index (χ0n) is 22.3. The van der Waals surface area contributed by atoms with E-state index >= 15 is 0 Å². The van der Waals surface area contributed by atoms with Gasteiger partial charge in [0.05, 0.1) is 13.2 Å². The maximum absolute atomic E-state index is 13.0. The summed E-state index contributed by atoms with van der Waals surface area (Å²) in [6, 6.07) is 21.9. The molecule has 2 N–H and O–H groups in total. The van der Waals surface area contributed by atoms with E-state index < -0.39 is 0 Å². The molecule has 0 radical (unpaired) electrons. The Kier molecular flexibility index (Phi) is 9.97. The number of nitrogens with one attached hydrogen (secondary N) is 2. The summed E-state index contributed by atoms with van der Waals surface area (Å²) < 4.78 is 22.4. The first-order valence-electron chi connectivity index (χ1n) is 13.0. The average Bonchev–Trinajstić information content (AvgIpc) is 3.49. The first kappa shape index (κ1) is 27.7. The first-order valence-corrected chi connectivity index (χ1v) is 13.0. The van der Waals surface area contributed by atoms with Gasteiger partial charge in [-0.05, 0) is 67.8 Å². The zero-order valence-corrected chi connectivity index (χ0v) is 22.3. The van der Waals surface area contributed by atoms with Crippen LogP contribution < -0.4 is 24.8 Å². The summed E-state index contributed by atoms with van der Waals surface area (Å²) in [5.74, 6) is 1.24. The summed E-state index contributed by atoms with van der Waals surface area (Å²) >= 11 is 0. The van der Waals surface area contributed by atoms with Gasteiger partial charge >= 0.3 is 0 Å². The van der Waals surface area contributed by atoms with Gasteiger partial charge in [0.15, 0.2) is 11.5 Å². The molecule has 39 heavy (non-hydrogen) atoms. The van der Waals surface area contributed by atoms with Crippen LogP contribution in [-0.4, -0.2) is 51.4 Å². The van der Waals surface area contributed by atoms with Crippen LogP contribution in [0.25, 0.3) is 6.08 Å². The number of benzene rings is 3. The number of hydrogen-bond donors (Lipinski definition) is 2. The number of para-hydroxylation sites is 2. The van der Waals surface area contributed by atoms with Gasteiger partial charge in [0.1, 0.15) is 24.7 Å². The Hall–Kier alpha value is -4.30. The quantitative estimate of drug-likeness (QED) is 0.264. The van der Waals surface area contributed by atoms with Crippen molar-refractivity contribution in [3.8, 4) is 17.2 Å². The fourth-order valence-electron chi connectivity index (χ4n) is 4.04. The molecule has 8 nitrogen and oxygen atoms in total. The summed E-state index contributed by atoms with van der Waals surface area (Å²) in [6.07, 6.45) is 3.52. The minimum atomic E-state index is -0.375. The van der Waals surface area contributed by atoms with Gasteiger partial charge in [0.2, 0.25) is 0 Å². The minimum Gasteiger partial charge on any atom is -0.493 e. The fraction of sp³-hybridized carbons (Fsp3) is 0.290. The molecular formula is C31H34N2O6. The number of methoxy groups -OCH3 is 1. The monoisotopic (exact) mass is 530 g/mol. The summed E-state index contributed by atoms with van der Waals surface area (Å²) in [4.78, 5) is 25.9. The van der Waals surface area contributed by atoms with Crippen LogP contribution >= 0.6 is 0 Å². The van der Waals surface area contributed by atoms with E-state index in [1.54, 1.807) is 37.5 Å². The number of ether oxygens (including phenoxy) is 4. The van der Waals surface area contributed by atoms with E-state index in [4.69, 9.17) is 18.9 Å². The van der Waals surface area contributed by atoms with Crippen molar-refractivity contribution in [2.75, 3.05) is 33.5 Å². The molecular weight excluding hydrogens is 496 g/mol. The molecule has 1 aliphatic rings. The highest BCUT2D eigenvalue weighted by atomic mass is 16.5. The number of hydrogen-bond acceptors (Lipinski definition) is 6. The lowest BCUT2D eigenvalue weighted by Gasteiger charge is -2.14. The Morgan fingerprint density at radius 3 is 2.36 bits per heavy atom. The van der Waals surface area contributed by atoms with Crippen LogP contribution in [0, 0.1) is 6.92 Å². The van der Waals surface area contributed by atoms with Crippen molar-refractivity contribution < 1.29 is 28.5 Å². The number of amides is 2. The molecule has 8 heteroatoms. The third kappa shape index (κ3) is 8.35. The van der Waals surface area contributed by atoms with E-state index in [-0.39, 0.29) is 23.6 Å². The third-order valence-electron chi connectivity index (χ3n) is 6.19. The van der Waals surface area contributed by atoms with Crippen LogP contribution in [-0.2, 0) is 9.53 Å². The predicted molar refractivity (Wildman–Crippen MR) is 149 cm³/mol. The first-order chi connectivity index (χ1) is 19.0. The van der Waals surface area contributed by atoms with Crippen molar-refractivity contribution in [1.82, 2.24) is 10.6 Å². The number of carbonyl (C=O) groups is 2. The second kappa shape index (κ2) is 14.0.